The van der Waals surface area contributed by atoms with Crippen LogP contribution in [0.4, 0.5) is 0 Å². The minimum Gasteiger partial charge on any atom is -0.469 e. The molecule has 1 aromatic carbocycles. The Bertz CT molecular complexity index is 737. The molecule has 1 aliphatic heterocycles. The number of guanidine groups is 1. The number of benzene rings is 1. The molecule has 0 radical (unpaired) electrons. The second-order valence-electron chi connectivity index (χ2n) is 7.60. The quantitative estimate of drug-likeness (QED) is 0.386. The van der Waals surface area contributed by atoms with Gasteiger partial charge in [-0.2, -0.15) is 0 Å². The van der Waals surface area contributed by atoms with Crippen molar-refractivity contribution in [3.05, 3.63) is 59.5 Å². The maximum atomic E-state index is 5.41. The van der Waals surface area contributed by atoms with Crippen molar-refractivity contribution in [2.24, 2.45) is 4.99 Å². The van der Waals surface area contributed by atoms with E-state index in [2.05, 4.69) is 51.7 Å². The molecule has 0 unspecified atom stereocenters. The Morgan fingerprint density at radius 1 is 1.21 bits per heavy atom. The number of ether oxygens (including phenoxy) is 1. The van der Waals surface area contributed by atoms with E-state index < -0.39 is 0 Å². The number of methoxy groups -OCH3 is 1. The van der Waals surface area contributed by atoms with Gasteiger partial charge in [0.1, 0.15) is 5.76 Å². The zero-order valence-corrected chi connectivity index (χ0v) is 17.7. The summed E-state index contributed by atoms with van der Waals surface area (Å²) in [5.41, 5.74) is 2.81. The van der Waals surface area contributed by atoms with Gasteiger partial charge in [-0.05, 0) is 43.0 Å². The average molecular weight is 399 g/mol. The lowest BCUT2D eigenvalue weighted by molar-refractivity contribution is 0.197. The molecule has 1 aliphatic rings. The van der Waals surface area contributed by atoms with E-state index in [1.165, 1.54) is 11.1 Å². The molecular formula is C23H34N4O2. The van der Waals surface area contributed by atoms with Gasteiger partial charge >= 0.3 is 0 Å². The molecule has 1 fully saturated rings. The van der Waals surface area contributed by atoms with Gasteiger partial charge in [-0.3, -0.25) is 9.89 Å². The van der Waals surface area contributed by atoms with Gasteiger partial charge in [0.2, 0.25) is 0 Å². The molecule has 1 aromatic heterocycles. The number of aliphatic imine (C=N–C) groups is 1. The van der Waals surface area contributed by atoms with Crippen molar-refractivity contribution in [2.45, 2.75) is 38.8 Å². The van der Waals surface area contributed by atoms with E-state index in [0.717, 1.165) is 57.2 Å². The molecule has 1 saturated heterocycles. The molecule has 0 spiro atoms. The van der Waals surface area contributed by atoms with Gasteiger partial charge in [-0.25, -0.2) is 0 Å². The third-order valence-corrected chi connectivity index (χ3v) is 5.39. The highest BCUT2D eigenvalue weighted by molar-refractivity contribution is 5.80. The molecule has 2 aromatic rings. The van der Waals surface area contributed by atoms with Crippen LogP contribution in [-0.2, 0) is 17.7 Å². The summed E-state index contributed by atoms with van der Waals surface area (Å²) >= 11 is 0. The molecule has 0 bridgehead atoms. The zero-order valence-electron chi connectivity index (χ0n) is 17.7. The molecule has 0 saturated carbocycles. The number of likely N-dealkylation sites (tertiary alicyclic amines) is 1. The van der Waals surface area contributed by atoms with E-state index >= 15 is 0 Å². The van der Waals surface area contributed by atoms with Crippen molar-refractivity contribution in [3.63, 3.8) is 0 Å². The summed E-state index contributed by atoms with van der Waals surface area (Å²) in [4.78, 5) is 7.20. The molecule has 6 heteroatoms. The first-order valence-corrected chi connectivity index (χ1v) is 10.6. The number of furan rings is 1. The van der Waals surface area contributed by atoms with Gasteiger partial charge in [0.25, 0.3) is 0 Å². The zero-order chi connectivity index (χ0) is 20.3. The molecule has 29 heavy (non-hydrogen) atoms. The van der Waals surface area contributed by atoms with Gasteiger partial charge in [0, 0.05) is 45.8 Å². The summed E-state index contributed by atoms with van der Waals surface area (Å²) in [5, 5.41) is 7.05. The molecule has 0 amide bonds. The maximum Gasteiger partial charge on any atom is 0.191 e. The first-order chi connectivity index (χ1) is 14.2. The fourth-order valence-electron chi connectivity index (χ4n) is 3.62. The summed E-state index contributed by atoms with van der Waals surface area (Å²) in [5.74, 6) is 1.85. The Hall–Kier alpha value is -2.31. The molecule has 158 valence electrons. The largest absolute Gasteiger partial charge is 0.469 e. The Kier molecular flexibility index (Phi) is 8.58. The average Bonchev–Trinajstić information content (AvgIpc) is 3.25. The van der Waals surface area contributed by atoms with E-state index in [9.17, 15) is 0 Å². The van der Waals surface area contributed by atoms with Crippen molar-refractivity contribution in [2.75, 3.05) is 39.9 Å². The van der Waals surface area contributed by atoms with Crippen molar-refractivity contribution < 1.29 is 9.15 Å². The summed E-state index contributed by atoms with van der Waals surface area (Å²) in [6.45, 7) is 7.50. The lowest BCUT2D eigenvalue weighted by atomic mass is 10.0. The molecule has 2 N–H and O–H groups in total. The maximum absolute atomic E-state index is 5.41. The highest BCUT2D eigenvalue weighted by atomic mass is 16.5. The van der Waals surface area contributed by atoms with Crippen LogP contribution < -0.4 is 10.6 Å². The van der Waals surface area contributed by atoms with Crippen molar-refractivity contribution in [1.29, 1.82) is 0 Å². The predicted octanol–water partition coefficient (Wildman–Crippen LogP) is 2.98. The first-order valence-electron chi connectivity index (χ1n) is 10.6. The van der Waals surface area contributed by atoms with Crippen LogP contribution in [0.5, 0.6) is 0 Å². The first kappa shape index (κ1) is 21.4. The fraction of sp³-hybridized carbons (Fsp3) is 0.522. The SMILES string of the molecule is COCCN=C(NCCc1ccco1)NC1CCN(Cc2ccccc2C)CC1. The van der Waals surface area contributed by atoms with E-state index in [4.69, 9.17) is 9.15 Å². The highest BCUT2D eigenvalue weighted by Gasteiger charge is 2.20. The predicted molar refractivity (Wildman–Crippen MR) is 117 cm³/mol. The molecule has 2 heterocycles. The van der Waals surface area contributed by atoms with Gasteiger partial charge in [0.15, 0.2) is 5.96 Å². The topological polar surface area (TPSA) is 62.0 Å². The van der Waals surface area contributed by atoms with Crippen LogP contribution in [-0.4, -0.2) is 56.8 Å². The van der Waals surface area contributed by atoms with Gasteiger partial charge in [-0.15, -0.1) is 0 Å². The molecule has 0 atom stereocenters. The minimum atomic E-state index is 0.445. The molecule has 3 rings (SSSR count). The van der Waals surface area contributed by atoms with E-state index in [0.29, 0.717) is 19.2 Å². The molecule has 6 nitrogen and oxygen atoms in total. The van der Waals surface area contributed by atoms with Gasteiger partial charge < -0.3 is 19.8 Å². The number of aryl methyl sites for hydroxylation is 1. The van der Waals surface area contributed by atoms with Crippen molar-refractivity contribution in [1.82, 2.24) is 15.5 Å². The van der Waals surface area contributed by atoms with Crippen LogP contribution in [0.1, 0.15) is 29.7 Å². The van der Waals surface area contributed by atoms with Crippen LogP contribution in [0.2, 0.25) is 0 Å². The second kappa shape index (κ2) is 11.6. The molecule has 0 aliphatic carbocycles. The van der Waals surface area contributed by atoms with Gasteiger partial charge in [-0.1, -0.05) is 24.3 Å². The highest BCUT2D eigenvalue weighted by Crippen LogP contribution is 2.16. The Labute approximate surface area is 174 Å². The number of hydrogen-bond donors (Lipinski definition) is 2. The lowest BCUT2D eigenvalue weighted by Crippen LogP contribution is -2.49. The van der Waals surface area contributed by atoms with Crippen molar-refractivity contribution >= 4 is 5.96 Å². The number of hydrogen-bond acceptors (Lipinski definition) is 4. The van der Waals surface area contributed by atoms with E-state index in [1.54, 1.807) is 13.4 Å². The Morgan fingerprint density at radius 2 is 2.03 bits per heavy atom. The van der Waals surface area contributed by atoms with E-state index in [1.807, 2.05) is 12.1 Å². The van der Waals surface area contributed by atoms with Crippen molar-refractivity contribution in [3.8, 4) is 0 Å². The lowest BCUT2D eigenvalue weighted by Gasteiger charge is -2.33. The summed E-state index contributed by atoms with van der Waals surface area (Å²) in [6, 6.07) is 13.0. The molecular weight excluding hydrogens is 364 g/mol. The monoisotopic (exact) mass is 398 g/mol. The third-order valence-electron chi connectivity index (χ3n) is 5.39. The third kappa shape index (κ3) is 7.22. The van der Waals surface area contributed by atoms with Crippen LogP contribution >= 0.6 is 0 Å². The standard InChI is InChI=1S/C23H34N4O2/c1-19-6-3-4-7-20(19)18-27-14-10-21(11-15-27)26-23(25-13-17-28-2)24-12-9-22-8-5-16-29-22/h3-8,16,21H,9-15,17-18H2,1-2H3,(H2,24,25,26). The number of nitrogens with one attached hydrogen (secondary N) is 2. The van der Waals surface area contributed by atoms with Crippen LogP contribution in [0.25, 0.3) is 0 Å². The van der Waals surface area contributed by atoms with Crippen LogP contribution in [0.15, 0.2) is 52.1 Å². The second-order valence-corrected chi connectivity index (χ2v) is 7.60. The number of piperidine rings is 1. The van der Waals surface area contributed by atoms with Crippen LogP contribution in [0, 0.1) is 6.92 Å². The Morgan fingerprint density at radius 3 is 2.76 bits per heavy atom. The normalized spacial score (nSPS) is 16.1. The fourth-order valence-corrected chi connectivity index (χ4v) is 3.62. The number of rotatable bonds is 9. The van der Waals surface area contributed by atoms with Gasteiger partial charge in [0.05, 0.1) is 19.4 Å². The summed E-state index contributed by atoms with van der Waals surface area (Å²) in [7, 11) is 1.71. The summed E-state index contributed by atoms with van der Waals surface area (Å²) < 4.78 is 10.5. The summed E-state index contributed by atoms with van der Waals surface area (Å²) in [6.07, 6.45) is 4.79. The van der Waals surface area contributed by atoms with E-state index in [-0.39, 0.29) is 0 Å². The minimum absolute atomic E-state index is 0.445. The van der Waals surface area contributed by atoms with Crippen LogP contribution in [0.3, 0.4) is 0 Å². The Balaban J connectivity index is 1.45. The smallest absolute Gasteiger partial charge is 0.191 e. The number of nitrogens with zero attached hydrogens (tertiary/aromatic N) is 2.